The number of aromatic nitrogens is 2. The number of ketones is 1. The molecule has 7 nitrogen and oxygen atoms in total. The zero-order chi connectivity index (χ0) is 21.8. The Morgan fingerprint density at radius 1 is 1.00 bits per heavy atom. The number of benzene rings is 2. The molecule has 7 heteroatoms. The molecule has 1 atom stereocenters. The fourth-order valence-electron chi connectivity index (χ4n) is 3.17. The largest absolute Gasteiger partial charge is 0.449 e. The van der Waals surface area contributed by atoms with Gasteiger partial charge in [0.2, 0.25) is 0 Å². The van der Waals surface area contributed by atoms with Crippen LogP contribution in [0.1, 0.15) is 46.0 Å². The molecule has 0 bridgehead atoms. The van der Waals surface area contributed by atoms with Gasteiger partial charge in [-0.15, -0.1) is 0 Å². The monoisotopic (exact) mass is 405 g/mol. The van der Waals surface area contributed by atoms with Crippen molar-refractivity contribution in [2.75, 3.05) is 5.32 Å². The van der Waals surface area contributed by atoms with E-state index in [9.17, 15) is 14.4 Å². The molecule has 1 amide bonds. The number of rotatable bonds is 6. The van der Waals surface area contributed by atoms with Crippen LogP contribution in [0.15, 0.2) is 54.6 Å². The van der Waals surface area contributed by atoms with Crippen molar-refractivity contribution < 1.29 is 19.1 Å². The van der Waals surface area contributed by atoms with Crippen LogP contribution >= 0.6 is 0 Å². The maximum Gasteiger partial charge on any atom is 0.342 e. The summed E-state index contributed by atoms with van der Waals surface area (Å²) in [6.07, 6.45) is -1.06. The number of anilines is 1. The van der Waals surface area contributed by atoms with Gasteiger partial charge in [-0.3, -0.25) is 9.59 Å². The summed E-state index contributed by atoms with van der Waals surface area (Å²) in [4.78, 5) is 37.0. The number of nitrogens with zero attached hydrogens (tertiary/aromatic N) is 2. The first-order valence-electron chi connectivity index (χ1n) is 9.53. The average Bonchev–Trinajstić information content (AvgIpc) is 3.02. The fraction of sp³-hybridized carbons (Fsp3) is 0.217. The van der Waals surface area contributed by atoms with Crippen molar-refractivity contribution in [1.29, 1.82) is 0 Å². The first-order chi connectivity index (χ1) is 14.3. The first kappa shape index (κ1) is 21.0. The third-order valence-corrected chi connectivity index (χ3v) is 4.71. The van der Waals surface area contributed by atoms with Crippen molar-refractivity contribution in [1.82, 2.24) is 9.78 Å². The number of aryl methyl sites for hydroxylation is 1. The summed E-state index contributed by atoms with van der Waals surface area (Å²) in [7, 11) is 0. The molecule has 0 spiro atoms. The standard InChI is InChI=1S/C23H23N3O4/c1-14-21(15(2)26(25-14)18-10-6-5-7-11-18)23(29)30-17(4)22(28)24-20-13-9-8-12-19(20)16(3)27/h5-13,17H,1-4H3,(H,24,28)/t17-/m1/s1. The Kier molecular flexibility index (Phi) is 6.11. The second-order valence-corrected chi connectivity index (χ2v) is 6.93. The van der Waals surface area contributed by atoms with Gasteiger partial charge in [0.1, 0.15) is 5.56 Å². The summed E-state index contributed by atoms with van der Waals surface area (Å²) < 4.78 is 7.06. The number of para-hydroxylation sites is 2. The van der Waals surface area contributed by atoms with Crippen LogP contribution < -0.4 is 5.32 Å². The Morgan fingerprint density at radius 2 is 1.63 bits per heavy atom. The minimum absolute atomic E-state index is 0.171. The van der Waals surface area contributed by atoms with Gasteiger partial charge in [0.25, 0.3) is 5.91 Å². The van der Waals surface area contributed by atoms with E-state index in [1.807, 2.05) is 30.3 Å². The van der Waals surface area contributed by atoms with Gasteiger partial charge >= 0.3 is 5.97 Å². The molecule has 0 unspecified atom stereocenters. The third kappa shape index (κ3) is 4.30. The normalized spacial score (nSPS) is 11.6. The Labute approximate surface area is 174 Å². The van der Waals surface area contributed by atoms with E-state index in [2.05, 4.69) is 10.4 Å². The number of amides is 1. The predicted octanol–water partition coefficient (Wildman–Crippen LogP) is 3.88. The molecule has 154 valence electrons. The summed E-state index contributed by atoms with van der Waals surface area (Å²) in [5.74, 6) is -1.33. The number of carbonyl (C=O) groups excluding carboxylic acids is 3. The fourth-order valence-corrected chi connectivity index (χ4v) is 3.17. The van der Waals surface area contributed by atoms with E-state index in [1.54, 1.807) is 42.8 Å². The first-order valence-corrected chi connectivity index (χ1v) is 9.53. The van der Waals surface area contributed by atoms with Crippen LogP contribution in [0, 0.1) is 13.8 Å². The molecule has 0 saturated carbocycles. The van der Waals surface area contributed by atoms with Gasteiger partial charge in [0.15, 0.2) is 11.9 Å². The second kappa shape index (κ2) is 8.73. The van der Waals surface area contributed by atoms with Gasteiger partial charge in [-0.2, -0.15) is 5.10 Å². The molecule has 1 aromatic heterocycles. The SMILES string of the molecule is CC(=O)c1ccccc1NC(=O)[C@@H](C)OC(=O)c1c(C)nn(-c2ccccc2)c1C. The van der Waals surface area contributed by atoms with Crippen LogP contribution in [-0.2, 0) is 9.53 Å². The lowest BCUT2D eigenvalue weighted by molar-refractivity contribution is -0.123. The van der Waals surface area contributed by atoms with Gasteiger partial charge in [0, 0.05) is 5.56 Å². The lowest BCUT2D eigenvalue weighted by Crippen LogP contribution is -2.30. The van der Waals surface area contributed by atoms with E-state index in [0.29, 0.717) is 28.2 Å². The highest BCUT2D eigenvalue weighted by Gasteiger charge is 2.25. The van der Waals surface area contributed by atoms with Crippen molar-refractivity contribution in [2.45, 2.75) is 33.8 Å². The molecule has 3 aromatic rings. The van der Waals surface area contributed by atoms with Crippen LogP contribution in [0.4, 0.5) is 5.69 Å². The topological polar surface area (TPSA) is 90.3 Å². The van der Waals surface area contributed by atoms with Crippen LogP contribution in [0.3, 0.4) is 0 Å². The number of esters is 1. The number of hydrogen-bond donors (Lipinski definition) is 1. The number of hydrogen-bond acceptors (Lipinski definition) is 5. The third-order valence-electron chi connectivity index (χ3n) is 4.71. The predicted molar refractivity (Wildman–Crippen MR) is 113 cm³/mol. The molecule has 1 heterocycles. The molecule has 30 heavy (non-hydrogen) atoms. The second-order valence-electron chi connectivity index (χ2n) is 6.93. The van der Waals surface area contributed by atoms with Gasteiger partial charge in [0.05, 0.1) is 22.8 Å². The molecule has 1 N–H and O–H groups in total. The highest BCUT2D eigenvalue weighted by atomic mass is 16.5. The van der Waals surface area contributed by atoms with E-state index in [4.69, 9.17) is 4.74 Å². The number of ether oxygens (including phenoxy) is 1. The van der Waals surface area contributed by atoms with Crippen molar-refractivity contribution in [2.24, 2.45) is 0 Å². The molecule has 0 aliphatic rings. The Hall–Kier alpha value is -3.74. The molecule has 3 rings (SSSR count). The molecule has 0 aliphatic heterocycles. The molecular weight excluding hydrogens is 382 g/mol. The lowest BCUT2D eigenvalue weighted by atomic mass is 10.1. The number of nitrogens with one attached hydrogen (secondary N) is 1. The maximum atomic E-state index is 12.8. The van der Waals surface area contributed by atoms with E-state index >= 15 is 0 Å². The molecular formula is C23H23N3O4. The van der Waals surface area contributed by atoms with E-state index < -0.39 is 18.0 Å². The molecule has 0 aliphatic carbocycles. The highest BCUT2D eigenvalue weighted by molar-refractivity contribution is 6.05. The number of Topliss-reactive ketones (excluding diaryl/α,β-unsaturated/α-hetero) is 1. The van der Waals surface area contributed by atoms with Crippen LogP contribution in [0.5, 0.6) is 0 Å². The van der Waals surface area contributed by atoms with Gasteiger partial charge in [-0.05, 0) is 52.0 Å². The number of carbonyl (C=O) groups is 3. The van der Waals surface area contributed by atoms with Crippen molar-refractivity contribution in [3.63, 3.8) is 0 Å². The average molecular weight is 405 g/mol. The Bertz CT molecular complexity index is 1100. The Balaban J connectivity index is 1.76. The van der Waals surface area contributed by atoms with Gasteiger partial charge < -0.3 is 10.1 Å². The van der Waals surface area contributed by atoms with Crippen molar-refractivity contribution in [3.05, 3.63) is 77.1 Å². The lowest BCUT2D eigenvalue weighted by Gasteiger charge is -2.15. The maximum absolute atomic E-state index is 12.8. The molecule has 0 saturated heterocycles. The Morgan fingerprint density at radius 3 is 2.30 bits per heavy atom. The van der Waals surface area contributed by atoms with Crippen molar-refractivity contribution in [3.8, 4) is 5.69 Å². The van der Waals surface area contributed by atoms with Crippen molar-refractivity contribution >= 4 is 23.3 Å². The smallest absolute Gasteiger partial charge is 0.342 e. The van der Waals surface area contributed by atoms with Gasteiger partial charge in [-0.25, -0.2) is 9.48 Å². The zero-order valence-corrected chi connectivity index (χ0v) is 17.3. The van der Waals surface area contributed by atoms with E-state index in [1.165, 1.54) is 13.8 Å². The minimum Gasteiger partial charge on any atom is -0.449 e. The summed E-state index contributed by atoms with van der Waals surface area (Å²) in [6.45, 7) is 6.40. The van der Waals surface area contributed by atoms with Crippen LogP contribution in [0.25, 0.3) is 5.69 Å². The van der Waals surface area contributed by atoms with Gasteiger partial charge in [-0.1, -0.05) is 30.3 Å². The van der Waals surface area contributed by atoms with Crippen LogP contribution in [-0.4, -0.2) is 33.5 Å². The highest BCUT2D eigenvalue weighted by Crippen LogP contribution is 2.20. The molecule has 0 fully saturated rings. The molecule has 2 aromatic carbocycles. The quantitative estimate of drug-likeness (QED) is 0.497. The van der Waals surface area contributed by atoms with E-state index in [-0.39, 0.29) is 5.78 Å². The summed E-state index contributed by atoms with van der Waals surface area (Å²) in [5, 5.41) is 7.08. The van der Waals surface area contributed by atoms with Crippen LogP contribution in [0.2, 0.25) is 0 Å². The van der Waals surface area contributed by atoms with E-state index in [0.717, 1.165) is 5.69 Å². The summed E-state index contributed by atoms with van der Waals surface area (Å²) in [6, 6.07) is 16.1. The summed E-state index contributed by atoms with van der Waals surface area (Å²) in [5.41, 5.74) is 3.04. The molecule has 0 radical (unpaired) electrons. The minimum atomic E-state index is -1.06. The zero-order valence-electron chi connectivity index (χ0n) is 17.3. The summed E-state index contributed by atoms with van der Waals surface area (Å²) >= 11 is 0.